The number of hydrogen-bond donors (Lipinski definition) is 3. The largest absolute Gasteiger partial charge is 0.399 e. The zero-order chi connectivity index (χ0) is 14.1. The van der Waals surface area contributed by atoms with Gasteiger partial charge in [0.2, 0.25) is 11.8 Å². The van der Waals surface area contributed by atoms with Crippen LogP contribution in [0.15, 0.2) is 24.5 Å². The van der Waals surface area contributed by atoms with E-state index in [4.69, 9.17) is 5.73 Å². The molecule has 1 atom stereocenters. The number of benzene rings is 1. The van der Waals surface area contributed by atoms with Crippen molar-refractivity contribution < 1.29 is 9.59 Å². The molecule has 1 aliphatic rings. The first-order valence-corrected chi connectivity index (χ1v) is 6.24. The van der Waals surface area contributed by atoms with Gasteiger partial charge < -0.3 is 11.1 Å². The van der Waals surface area contributed by atoms with Crippen LogP contribution in [0.5, 0.6) is 0 Å². The number of nitrogens with zero attached hydrogens (tertiary/aromatic N) is 2. The molecule has 3 rings (SSSR count). The number of anilines is 2. The quantitative estimate of drug-likeness (QED) is 0.539. The molecule has 102 valence electrons. The smallest absolute Gasteiger partial charge is 0.249 e. The number of amides is 2. The van der Waals surface area contributed by atoms with Crippen molar-refractivity contribution >= 4 is 34.2 Å². The summed E-state index contributed by atoms with van der Waals surface area (Å²) in [5, 5.41) is 6.10. The Hall–Kier alpha value is -2.70. The molecule has 1 aromatic carbocycles. The number of rotatable bonds is 2. The normalized spacial score (nSPS) is 18.9. The van der Waals surface area contributed by atoms with Gasteiger partial charge in [0.05, 0.1) is 5.52 Å². The van der Waals surface area contributed by atoms with Crippen molar-refractivity contribution in [2.75, 3.05) is 11.1 Å². The third-order valence-electron chi connectivity index (χ3n) is 3.21. The highest BCUT2D eigenvalue weighted by atomic mass is 16.2. The average Bonchev–Trinajstić information content (AvgIpc) is 2.42. The van der Waals surface area contributed by atoms with E-state index in [1.54, 1.807) is 18.2 Å². The molecule has 2 aromatic rings. The fraction of sp³-hybridized carbons (Fsp3) is 0.231. The maximum Gasteiger partial charge on any atom is 0.249 e. The van der Waals surface area contributed by atoms with Gasteiger partial charge in [-0.1, -0.05) is 0 Å². The van der Waals surface area contributed by atoms with Crippen LogP contribution in [0.4, 0.5) is 11.5 Å². The minimum absolute atomic E-state index is 0.246. The molecule has 0 saturated carbocycles. The number of piperidine rings is 1. The lowest BCUT2D eigenvalue weighted by atomic mass is 10.1. The van der Waals surface area contributed by atoms with Gasteiger partial charge in [-0.3, -0.25) is 14.9 Å². The van der Waals surface area contributed by atoms with E-state index < -0.39 is 6.04 Å². The van der Waals surface area contributed by atoms with Gasteiger partial charge >= 0.3 is 0 Å². The summed E-state index contributed by atoms with van der Waals surface area (Å²) in [6.45, 7) is 0. The molecule has 7 nitrogen and oxygen atoms in total. The summed E-state index contributed by atoms with van der Waals surface area (Å²) in [6.07, 6.45) is 2.18. The van der Waals surface area contributed by atoms with Crippen molar-refractivity contribution in [1.82, 2.24) is 15.3 Å². The van der Waals surface area contributed by atoms with Gasteiger partial charge in [-0.25, -0.2) is 9.97 Å². The molecule has 1 saturated heterocycles. The second-order valence-electron chi connectivity index (χ2n) is 4.65. The number of nitrogen functional groups attached to an aromatic ring is 1. The lowest BCUT2D eigenvalue weighted by molar-refractivity contribution is -0.133. The third-order valence-corrected chi connectivity index (χ3v) is 3.21. The van der Waals surface area contributed by atoms with Crippen LogP contribution in [-0.4, -0.2) is 27.8 Å². The molecule has 1 fully saturated rings. The van der Waals surface area contributed by atoms with Gasteiger partial charge in [0.25, 0.3) is 0 Å². The fourth-order valence-electron chi connectivity index (χ4n) is 2.19. The number of aromatic nitrogens is 2. The van der Waals surface area contributed by atoms with Crippen LogP contribution in [0, 0.1) is 0 Å². The highest BCUT2D eigenvalue weighted by molar-refractivity contribution is 6.02. The topological polar surface area (TPSA) is 110 Å². The van der Waals surface area contributed by atoms with E-state index in [1.165, 1.54) is 6.33 Å². The van der Waals surface area contributed by atoms with E-state index in [2.05, 4.69) is 20.6 Å². The maximum absolute atomic E-state index is 11.7. The molecule has 4 N–H and O–H groups in total. The van der Waals surface area contributed by atoms with Gasteiger partial charge in [0.15, 0.2) is 0 Å². The Morgan fingerprint density at radius 3 is 2.95 bits per heavy atom. The minimum atomic E-state index is -0.479. The summed E-state index contributed by atoms with van der Waals surface area (Å²) in [7, 11) is 0. The molecule has 20 heavy (non-hydrogen) atoms. The Bertz CT molecular complexity index is 700. The van der Waals surface area contributed by atoms with E-state index >= 15 is 0 Å². The van der Waals surface area contributed by atoms with Crippen LogP contribution in [0.3, 0.4) is 0 Å². The maximum atomic E-state index is 11.7. The van der Waals surface area contributed by atoms with Crippen molar-refractivity contribution in [2.24, 2.45) is 0 Å². The Morgan fingerprint density at radius 2 is 2.15 bits per heavy atom. The number of carbonyl (C=O) groups is 2. The first kappa shape index (κ1) is 12.3. The molecule has 2 amide bonds. The van der Waals surface area contributed by atoms with Gasteiger partial charge in [0.1, 0.15) is 18.2 Å². The summed E-state index contributed by atoms with van der Waals surface area (Å²) in [4.78, 5) is 31.2. The molecule has 1 aliphatic heterocycles. The van der Waals surface area contributed by atoms with E-state index in [1.807, 2.05) is 0 Å². The van der Waals surface area contributed by atoms with Gasteiger partial charge in [-0.2, -0.15) is 0 Å². The summed E-state index contributed by atoms with van der Waals surface area (Å²) in [6, 6.07) is 4.82. The summed E-state index contributed by atoms with van der Waals surface area (Å²) >= 11 is 0. The zero-order valence-electron chi connectivity index (χ0n) is 10.6. The van der Waals surface area contributed by atoms with E-state index in [0.29, 0.717) is 24.3 Å². The minimum Gasteiger partial charge on any atom is -0.399 e. The predicted molar refractivity (Wildman–Crippen MR) is 73.7 cm³/mol. The van der Waals surface area contributed by atoms with Gasteiger partial charge in [-0.15, -0.1) is 0 Å². The second kappa shape index (κ2) is 4.76. The molecular formula is C13H13N5O2. The molecule has 0 bridgehead atoms. The first-order chi connectivity index (χ1) is 9.63. The second-order valence-corrected chi connectivity index (χ2v) is 4.65. The Labute approximate surface area is 114 Å². The standard InChI is InChI=1S/C13H13N5O2/c14-7-1-2-9-8(5-7)12(16-6-15-9)17-10-3-4-11(19)18-13(10)20/h1-2,5-6,10H,3-4,14H2,(H,15,16,17)(H,18,19,20). The molecule has 0 radical (unpaired) electrons. The molecule has 0 aliphatic carbocycles. The SMILES string of the molecule is Nc1ccc2ncnc(NC3CCC(=O)NC3=O)c2c1. The van der Waals surface area contributed by atoms with Gasteiger partial charge in [0, 0.05) is 17.5 Å². The third kappa shape index (κ3) is 2.25. The number of fused-ring (bicyclic) bond motifs is 1. The van der Waals surface area contributed by atoms with Crippen LogP contribution in [0.1, 0.15) is 12.8 Å². The van der Waals surface area contributed by atoms with Crippen molar-refractivity contribution in [2.45, 2.75) is 18.9 Å². The number of imide groups is 1. The molecule has 1 unspecified atom stereocenters. The van der Waals surface area contributed by atoms with Crippen molar-refractivity contribution in [3.05, 3.63) is 24.5 Å². The lowest BCUT2D eigenvalue weighted by Gasteiger charge is -2.22. The number of carbonyl (C=O) groups excluding carboxylic acids is 2. The monoisotopic (exact) mass is 271 g/mol. The predicted octanol–water partition coefficient (Wildman–Crippen LogP) is 0.429. The van der Waals surface area contributed by atoms with Crippen LogP contribution in [0.2, 0.25) is 0 Å². The van der Waals surface area contributed by atoms with E-state index in [-0.39, 0.29) is 11.8 Å². The summed E-state index contributed by atoms with van der Waals surface area (Å²) < 4.78 is 0. The van der Waals surface area contributed by atoms with Gasteiger partial charge in [-0.05, 0) is 24.6 Å². The highest BCUT2D eigenvalue weighted by Gasteiger charge is 2.27. The summed E-state index contributed by atoms with van der Waals surface area (Å²) in [5.74, 6) is -0.0430. The molecule has 7 heteroatoms. The number of nitrogens with one attached hydrogen (secondary N) is 2. The molecule has 0 spiro atoms. The van der Waals surface area contributed by atoms with Crippen molar-refractivity contribution in [3.63, 3.8) is 0 Å². The van der Waals surface area contributed by atoms with Crippen LogP contribution in [-0.2, 0) is 9.59 Å². The Morgan fingerprint density at radius 1 is 1.30 bits per heavy atom. The van der Waals surface area contributed by atoms with Crippen LogP contribution in [0.25, 0.3) is 10.9 Å². The van der Waals surface area contributed by atoms with E-state index in [9.17, 15) is 9.59 Å². The van der Waals surface area contributed by atoms with Crippen LogP contribution >= 0.6 is 0 Å². The number of nitrogens with two attached hydrogens (primary N) is 1. The number of hydrogen-bond acceptors (Lipinski definition) is 6. The van der Waals surface area contributed by atoms with E-state index in [0.717, 1.165) is 10.9 Å². The van der Waals surface area contributed by atoms with Crippen molar-refractivity contribution in [3.8, 4) is 0 Å². The lowest BCUT2D eigenvalue weighted by Crippen LogP contribution is -2.47. The molecule has 1 aromatic heterocycles. The molecular weight excluding hydrogens is 258 g/mol. The first-order valence-electron chi connectivity index (χ1n) is 6.24. The highest BCUT2D eigenvalue weighted by Crippen LogP contribution is 2.23. The fourth-order valence-corrected chi connectivity index (χ4v) is 2.19. The Balaban J connectivity index is 1.93. The van der Waals surface area contributed by atoms with Crippen LogP contribution < -0.4 is 16.4 Å². The summed E-state index contributed by atoms with van der Waals surface area (Å²) in [5.41, 5.74) is 7.10. The van der Waals surface area contributed by atoms with Crippen molar-refractivity contribution in [1.29, 1.82) is 0 Å². The average molecular weight is 271 g/mol. The molecule has 2 heterocycles. The zero-order valence-corrected chi connectivity index (χ0v) is 10.6. The Kier molecular flexibility index (Phi) is 2.94.